The van der Waals surface area contributed by atoms with Gasteiger partial charge >= 0.3 is 0 Å². The normalized spacial score (nSPS) is 11.0. The fraction of sp³-hybridized carbons (Fsp3) is 0.368. The Hall–Kier alpha value is -2.38. The van der Waals surface area contributed by atoms with Crippen LogP contribution in [0.4, 0.5) is 0 Å². The van der Waals surface area contributed by atoms with Crippen LogP contribution in [0, 0.1) is 20.8 Å². The van der Waals surface area contributed by atoms with E-state index in [1.807, 2.05) is 19.9 Å². The highest BCUT2D eigenvalue weighted by Crippen LogP contribution is 2.26. The Balaban J connectivity index is 1.60. The first-order chi connectivity index (χ1) is 13.3. The first kappa shape index (κ1) is 20.4. The zero-order chi connectivity index (χ0) is 20.3. The van der Waals surface area contributed by atoms with Crippen molar-refractivity contribution < 1.29 is 9.32 Å². The molecule has 1 amide bonds. The van der Waals surface area contributed by atoms with Crippen LogP contribution in [-0.2, 0) is 17.6 Å². The molecule has 1 aromatic carbocycles. The Kier molecular flexibility index (Phi) is 6.36. The van der Waals surface area contributed by atoms with E-state index in [4.69, 9.17) is 27.7 Å². The first-order valence-electron chi connectivity index (χ1n) is 8.91. The van der Waals surface area contributed by atoms with E-state index < -0.39 is 0 Å². The van der Waals surface area contributed by atoms with Gasteiger partial charge in [-0.2, -0.15) is 10.1 Å². The van der Waals surface area contributed by atoms with Gasteiger partial charge in [0, 0.05) is 24.2 Å². The number of rotatable bonds is 7. The van der Waals surface area contributed by atoms with E-state index in [2.05, 4.69) is 20.6 Å². The topological polar surface area (TPSA) is 85.8 Å². The fourth-order valence-electron chi connectivity index (χ4n) is 2.93. The average Bonchev–Trinajstić information content (AvgIpc) is 3.19. The van der Waals surface area contributed by atoms with Gasteiger partial charge in [0.25, 0.3) is 0 Å². The molecule has 28 heavy (non-hydrogen) atoms. The molecular formula is C19H21Cl2N5O2. The van der Waals surface area contributed by atoms with Crippen LogP contribution in [0.3, 0.4) is 0 Å². The lowest BCUT2D eigenvalue weighted by Gasteiger charge is -2.07. The molecule has 0 saturated carbocycles. The zero-order valence-electron chi connectivity index (χ0n) is 15.9. The Bertz CT molecular complexity index is 996. The Morgan fingerprint density at radius 1 is 1.21 bits per heavy atom. The second-order valence-electron chi connectivity index (χ2n) is 6.53. The molecule has 0 radical (unpaired) electrons. The summed E-state index contributed by atoms with van der Waals surface area (Å²) in [7, 11) is 0. The summed E-state index contributed by atoms with van der Waals surface area (Å²) >= 11 is 12.1. The lowest BCUT2D eigenvalue weighted by molar-refractivity contribution is -0.120. The van der Waals surface area contributed by atoms with Gasteiger partial charge in [-0.3, -0.25) is 4.79 Å². The van der Waals surface area contributed by atoms with Crippen molar-refractivity contribution in [2.45, 2.75) is 40.0 Å². The third-order valence-electron chi connectivity index (χ3n) is 4.39. The van der Waals surface area contributed by atoms with E-state index in [-0.39, 0.29) is 12.3 Å². The van der Waals surface area contributed by atoms with Crippen LogP contribution in [0.1, 0.15) is 35.1 Å². The molecule has 2 aromatic heterocycles. The van der Waals surface area contributed by atoms with E-state index >= 15 is 0 Å². The summed E-state index contributed by atoms with van der Waals surface area (Å²) in [6, 6.07) is 5.33. The predicted molar refractivity (Wildman–Crippen MR) is 107 cm³/mol. The van der Waals surface area contributed by atoms with Gasteiger partial charge in [0.05, 0.1) is 27.8 Å². The average molecular weight is 422 g/mol. The van der Waals surface area contributed by atoms with Gasteiger partial charge in [-0.15, -0.1) is 0 Å². The number of halogens is 2. The van der Waals surface area contributed by atoms with Crippen molar-refractivity contribution in [3.8, 4) is 5.69 Å². The number of carbonyl (C=O) groups is 1. The maximum Gasteiger partial charge on any atom is 0.226 e. The van der Waals surface area contributed by atoms with Crippen molar-refractivity contribution in [1.29, 1.82) is 0 Å². The molecule has 0 saturated heterocycles. The Morgan fingerprint density at radius 3 is 2.68 bits per heavy atom. The molecule has 3 aromatic rings. The summed E-state index contributed by atoms with van der Waals surface area (Å²) in [5, 5.41) is 12.2. The lowest BCUT2D eigenvalue weighted by Crippen LogP contribution is -2.26. The smallest absolute Gasteiger partial charge is 0.226 e. The van der Waals surface area contributed by atoms with Crippen molar-refractivity contribution >= 4 is 29.1 Å². The van der Waals surface area contributed by atoms with E-state index in [1.54, 1.807) is 23.7 Å². The Morgan fingerprint density at radius 2 is 2.00 bits per heavy atom. The van der Waals surface area contributed by atoms with Crippen LogP contribution in [0.5, 0.6) is 0 Å². The van der Waals surface area contributed by atoms with Crippen LogP contribution in [0.25, 0.3) is 5.69 Å². The van der Waals surface area contributed by atoms with Gasteiger partial charge in [-0.25, -0.2) is 4.68 Å². The first-order valence-corrected chi connectivity index (χ1v) is 9.67. The zero-order valence-corrected chi connectivity index (χ0v) is 17.4. The summed E-state index contributed by atoms with van der Waals surface area (Å²) in [5.41, 5.74) is 3.40. The summed E-state index contributed by atoms with van der Waals surface area (Å²) in [5.74, 6) is 1.15. The minimum Gasteiger partial charge on any atom is -0.356 e. The van der Waals surface area contributed by atoms with Crippen LogP contribution in [0.2, 0.25) is 10.0 Å². The molecular weight excluding hydrogens is 401 g/mol. The highest BCUT2D eigenvalue weighted by Gasteiger charge is 2.16. The number of hydrogen-bond donors (Lipinski definition) is 1. The van der Waals surface area contributed by atoms with Crippen LogP contribution < -0.4 is 5.32 Å². The maximum atomic E-state index is 12.3. The molecule has 0 unspecified atom stereocenters. The number of hydrogen-bond acceptors (Lipinski definition) is 5. The largest absolute Gasteiger partial charge is 0.356 e. The molecule has 7 nitrogen and oxygen atoms in total. The number of carbonyl (C=O) groups excluding carboxylic acids is 1. The molecule has 0 aliphatic heterocycles. The van der Waals surface area contributed by atoms with E-state index in [9.17, 15) is 4.79 Å². The second-order valence-corrected chi connectivity index (χ2v) is 7.34. The van der Waals surface area contributed by atoms with Crippen molar-refractivity contribution in [3.63, 3.8) is 0 Å². The molecule has 0 fully saturated rings. The minimum absolute atomic E-state index is 0.0541. The summed E-state index contributed by atoms with van der Waals surface area (Å²) in [6.07, 6.45) is 1.63. The number of aryl methyl sites for hydroxylation is 3. The van der Waals surface area contributed by atoms with Gasteiger partial charge < -0.3 is 9.84 Å². The number of benzene rings is 1. The number of amides is 1. The summed E-state index contributed by atoms with van der Waals surface area (Å²) in [6.45, 7) is 6.14. The highest BCUT2D eigenvalue weighted by atomic mass is 35.5. The van der Waals surface area contributed by atoms with E-state index in [0.717, 1.165) is 29.1 Å². The van der Waals surface area contributed by atoms with Gasteiger partial charge in [0.2, 0.25) is 11.8 Å². The fourth-order valence-corrected chi connectivity index (χ4v) is 3.22. The summed E-state index contributed by atoms with van der Waals surface area (Å²) in [4.78, 5) is 16.5. The van der Waals surface area contributed by atoms with Gasteiger partial charge in [-0.1, -0.05) is 28.4 Å². The SMILES string of the molecule is Cc1noc(CCCNC(=O)Cc2c(C)nn(-c3ccc(Cl)c(Cl)c3)c2C)n1. The third kappa shape index (κ3) is 4.72. The van der Waals surface area contributed by atoms with Gasteiger partial charge in [0.1, 0.15) is 0 Å². The molecule has 0 aliphatic rings. The van der Waals surface area contributed by atoms with Crippen LogP contribution in [0.15, 0.2) is 22.7 Å². The van der Waals surface area contributed by atoms with Gasteiger partial charge in [0.15, 0.2) is 5.82 Å². The van der Waals surface area contributed by atoms with Crippen molar-refractivity contribution in [2.75, 3.05) is 6.54 Å². The lowest BCUT2D eigenvalue weighted by atomic mass is 10.1. The van der Waals surface area contributed by atoms with Crippen molar-refractivity contribution in [2.24, 2.45) is 0 Å². The summed E-state index contributed by atoms with van der Waals surface area (Å²) < 4.78 is 6.83. The maximum absolute atomic E-state index is 12.3. The monoisotopic (exact) mass is 421 g/mol. The molecule has 0 aliphatic carbocycles. The van der Waals surface area contributed by atoms with Crippen molar-refractivity contribution in [1.82, 2.24) is 25.2 Å². The van der Waals surface area contributed by atoms with Crippen LogP contribution >= 0.6 is 23.2 Å². The molecule has 9 heteroatoms. The molecule has 2 heterocycles. The molecule has 3 rings (SSSR count). The standard InChI is InChI=1S/C19H21Cl2N5O2/c1-11-15(10-18(27)22-8-4-5-19-23-13(3)25-28-19)12(2)26(24-11)14-6-7-16(20)17(21)9-14/h6-7,9H,4-5,8,10H2,1-3H3,(H,22,27). The highest BCUT2D eigenvalue weighted by molar-refractivity contribution is 6.42. The minimum atomic E-state index is -0.0541. The second kappa shape index (κ2) is 8.75. The quantitative estimate of drug-likeness (QED) is 0.586. The van der Waals surface area contributed by atoms with Crippen LogP contribution in [-0.4, -0.2) is 32.4 Å². The molecule has 0 spiro atoms. The van der Waals surface area contributed by atoms with Gasteiger partial charge in [-0.05, 0) is 45.4 Å². The molecule has 0 bridgehead atoms. The Labute approximate surface area is 173 Å². The molecule has 1 N–H and O–H groups in total. The van der Waals surface area contributed by atoms with E-state index in [1.165, 1.54) is 0 Å². The molecule has 148 valence electrons. The predicted octanol–water partition coefficient (Wildman–Crippen LogP) is 3.78. The van der Waals surface area contributed by atoms with E-state index in [0.29, 0.717) is 34.7 Å². The number of nitrogens with zero attached hydrogens (tertiary/aromatic N) is 4. The molecule has 0 atom stereocenters. The third-order valence-corrected chi connectivity index (χ3v) is 5.12. The number of aromatic nitrogens is 4. The number of nitrogens with one attached hydrogen (secondary N) is 1. The van der Waals surface area contributed by atoms with Crippen molar-refractivity contribution in [3.05, 3.63) is 56.9 Å².